The molecule has 2 aliphatic carbocycles. The van der Waals surface area contributed by atoms with Gasteiger partial charge in [0.1, 0.15) is 5.78 Å². The molecule has 0 aromatic carbocycles. The summed E-state index contributed by atoms with van der Waals surface area (Å²) in [5.74, 6) is 0.808. The van der Waals surface area contributed by atoms with Crippen LogP contribution in [0.15, 0.2) is 12.2 Å². The van der Waals surface area contributed by atoms with Gasteiger partial charge in [0.25, 0.3) is 0 Å². The minimum absolute atomic E-state index is 0.318. The Balaban J connectivity index is 2.31. The van der Waals surface area contributed by atoms with Gasteiger partial charge in [-0.15, -0.1) is 0 Å². The van der Waals surface area contributed by atoms with Gasteiger partial charge in [-0.25, -0.2) is 0 Å². The summed E-state index contributed by atoms with van der Waals surface area (Å²) >= 11 is 0. The van der Waals surface area contributed by atoms with Crippen LogP contribution in [0, 0.1) is 11.3 Å². The Hall–Kier alpha value is -0.590. The van der Waals surface area contributed by atoms with Crippen molar-refractivity contribution in [3.63, 3.8) is 0 Å². The number of fused-ring (bicyclic) bond motifs is 2. The first-order valence-electron chi connectivity index (χ1n) is 4.33. The van der Waals surface area contributed by atoms with Gasteiger partial charge in [0.05, 0.1) is 0 Å². The monoisotopic (exact) mass is 150 g/mol. The number of hydrogen-bond acceptors (Lipinski definition) is 1. The van der Waals surface area contributed by atoms with Crippen LogP contribution >= 0.6 is 0 Å². The largest absolute Gasteiger partial charge is 0.299 e. The van der Waals surface area contributed by atoms with Gasteiger partial charge in [0.15, 0.2) is 0 Å². The fourth-order valence-electron chi connectivity index (χ4n) is 2.41. The van der Waals surface area contributed by atoms with E-state index in [1.807, 2.05) is 0 Å². The third-order valence-corrected chi connectivity index (χ3v) is 3.42. The Bertz CT molecular complexity index is 229. The molecule has 0 aromatic rings. The molecule has 0 spiro atoms. The normalized spacial score (nSPS) is 43.2. The standard InChI is InChI=1S/C10H14O/c1-7-5-8-6-10(7,2)4-3-9(8)11/h8H,1,3-6H2,2H3/t8-,10-/m0/s1. The molecule has 2 fully saturated rings. The highest BCUT2D eigenvalue weighted by molar-refractivity contribution is 5.83. The summed E-state index contributed by atoms with van der Waals surface area (Å²) in [6.07, 6.45) is 3.88. The van der Waals surface area contributed by atoms with Crippen molar-refractivity contribution in [3.8, 4) is 0 Å². The number of allylic oxidation sites excluding steroid dienone is 1. The first kappa shape index (κ1) is 7.08. The lowest BCUT2D eigenvalue weighted by Gasteiger charge is -2.28. The maximum atomic E-state index is 11.3. The van der Waals surface area contributed by atoms with Crippen molar-refractivity contribution in [2.75, 3.05) is 0 Å². The van der Waals surface area contributed by atoms with Crippen molar-refractivity contribution in [2.45, 2.75) is 32.6 Å². The molecule has 2 aliphatic rings. The van der Waals surface area contributed by atoms with Crippen molar-refractivity contribution in [2.24, 2.45) is 11.3 Å². The smallest absolute Gasteiger partial charge is 0.136 e. The van der Waals surface area contributed by atoms with Crippen molar-refractivity contribution in [1.82, 2.24) is 0 Å². The number of rotatable bonds is 0. The van der Waals surface area contributed by atoms with E-state index in [4.69, 9.17) is 0 Å². The highest BCUT2D eigenvalue weighted by atomic mass is 16.1. The van der Waals surface area contributed by atoms with Gasteiger partial charge in [0.2, 0.25) is 0 Å². The first-order valence-corrected chi connectivity index (χ1v) is 4.33. The minimum atomic E-state index is 0.318. The third-order valence-electron chi connectivity index (χ3n) is 3.42. The maximum absolute atomic E-state index is 11.3. The molecule has 2 saturated carbocycles. The van der Waals surface area contributed by atoms with Gasteiger partial charge < -0.3 is 0 Å². The van der Waals surface area contributed by atoms with Gasteiger partial charge in [0, 0.05) is 12.3 Å². The van der Waals surface area contributed by atoms with E-state index >= 15 is 0 Å². The molecule has 2 bridgehead atoms. The Morgan fingerprint density at radius 1 is 1.64 bits per heavy atom. The fourth-order valence-corrected chi connectivity index (χ4v) is 2.41. The maximum Gasteiger partial charge on any atom is 0.136 e. The molecule has 0 aromatic heterocycles. The fraction of sp³-hybridized carbons (Fsp3) is 0.700. The Morgan fingerprint density at radius 2 is 2.36 bits per heavy atom. The number of Topliss-reactive ketones (excluding diaryl/α,β-unsaturated/α-hetero) is 1. The molecule has 2 rings (SSSR count). The lowest BCUT2D eigenvalue weighted by Crippen LogP contribution is -2.23. The molecule has 0 radical (unpaired) electrons. The van der Waals surface area contributed by atoms with Crippen LogP contribution in [0.1, 0.15) is 32.6 Å². The molecule has 0 heterocycles. The van der Waals surface area contributed by atoms with Crippen LogP contribution in [-0.4, -0.2) is 5.78 Å². The Labute approximate surface area is 67.5 Å². The molecule has 0 unspecified atom stereocenters. The molecular formula is C10H14O. The number of carbonyl (C=O) groups excluding carboxylic acids is 1. The first-order chi connectivity index (χ1) is 5.12. The summed E-state index contributed by atoms with van der Waals surface area (Å²) < 4.78 is 0. The van der Waals surface area contributed by atoms with Crippen LogP contribution < -0.4 is 0 Å². The summed E-state index contributed by atoms with van der Waals surface area (Å²) in [6, 6.07) is 0. The molecule has 0 saturated heterocycles. The molecule has 11 heavy (non-hydrogen) atoms. The zero-order valence-corrected chi connectivity index (χ0v) is 7.02. The van der Waals surface area contributed by atoms with Crippen molar-refractivity contribution in [1.29, 1.82) is 0 Å². The predicted octanol–water partition coefficient (Wildman–Crippen LogP) is 2.32. The van der Waals surface area contributed by atoms with E-state index in [1.54, 1.807) is 0 Å². The van der Waals surface area contributed by atoms with Crippen LogP contribution in [0.25, 0.3) is 0 Å². The van der Waals surface area contributed by atoms with Crippen LogP contribution in [0.2, 0.25) is 0 Å². The van der Waals surface area contributed by atoms with E-state index in [-0.39, 0.29) is 0 Å². The highest BCUT2D eigenvalue weighted by Gasteiger charge is 2.44. The molecule has 0 amide bonds. The average Bonchev–Trinajstić information content (AvgIpc) is 2.20. The zero-order valence-electron chi connectivity index (χ0n) is 7.02. The van der Waals surface area contributed by atoms with E-state index in [9.17, 15) is 4.79 Å². The van der Waals surface area contributed by atoms with Crippen LogP contribution in [-0.2, 0) is 4.79 Å². The third kappa shape index (κ3) is 0.867. The quantitative estimate of drug-likeness (QED) is 0.484. The van der Waals surface area contributed by atoms with E-state index in [0.29, 0.717) is 17.1 Å². The summed E-state index contributed by atoms with van der Waals surface area (Å²) in [5.41, 5.74) is 1.63. The van der Waals surface area contributed by atoms with Crippen LogP contribution in [0.3, 0.4) is 0 Å². The molecular weight excluding hydrogens is 136 g/mol. The van der Waals surface area contributed by atoms with Gasteiger partial charge in [-0.2, -0.15) is 0 Å². The lowest BCUT2D eigenvalue weighted by atomic mass is 9.75. The summed E-state index contributed by atoms with van der Waals surface area (Å²) in [4.78, 5) is 11.3. The van der Waals surface area contributed by atoms with Gasteiger partial charge >= 0.3 is 0 Å². The van der Waals surface area contributed by atoms with Crippen LogP contribution in [0.5, 0.6) is 0 Å². The topological polar surface area (TPSA) is 17.1 Å². The van der Waals surface area contributed by atoms with Crippen molar-refractivity contribution >= 4 is 5.78 Å². The predicted molar refractivity (Wildman–Crippen MR) is 44.2 cm³/mol. The molecule has 1 nitrogen and oxygen atoms in total. The number of hydrogen-bond donors (Lipinski definition) is 0. The second-order valence-electron chi connectivity index (χ2n) is 4.24. The number of carbonyl (C=O) groups is 1. The SMILES string of the molecule is C=C1C[C@H]2C[C@]1(C)CCC2=O. The zero-order chi connectivity index (χ0) is 8.06. The van der Waals surface area contributed by atoms with Crippen molar-refractivity contribution < 1.29 is 4.79 Å². The second-order valence-corrected chi connectivity index (χ2v) is 4.24. The van der Waals surface area contributed by atoms with E-state index in [0.717, 1.165) is 25.7 Å². The van der Waals surface area contributed by atoms with E-state index < -0.39 is 0 Å². The Morgan fingerprint density at radius 3 is 3.00 bits per heavy atom. The minimum Gasteiger partial charge on any atom is -0.299 e. The lowest BCUT2D eigenvalue weighted by molar-refractivity contribution is -0.124. The number of ketones is 1. The van der Waals surface area contributed by atoms with Gasteiger partial charge in [-0.1, -0.05) is 19.1 Å². The van der Waals surface area contributed by atoms with E-state index in [2.05, 4.69) is 13.5 Å². The summed E-state index contributed by atoms with van der Waals surface area (Å²) in [7, 11) is 0. The van der Waals surface area contributed by atoms with Crippen molar-refractivity contribution in [3.05, 3.63) is 12.2 Å². The van der Waals surface area contributed by atoms with Gasteiger partial charge in [-0.3, -0.25) is 4.79 Å². The summed E-state index contributed by atoms with van der Waals surface area (Å²) in [6.45, 7) is 6.30. The van der Waals surface area contributed by atoms with Crippen LogP contribution in [0.4, 0.5) is 0 Å². The molecule has 1 heteroatoms. The highest BCUT2D eigenvalue weighted by Crippen LogP contribution is 2.52. The second kappa shape index (κ2) is 1.96. The van der Waals surface area contributed by atoms with Gasteiger partial charge in [-0.05, 0) is 24.7 Å². The molecule has 0 aliphatic heterocycles. The molecule has 2 atom stereocenters. The molecule has 0 N–H and O–H groups in total. The van der Waals surface area contributed by atoms with E-state index in [1.165, 1.54) is 5.57 Å². The average molecular weight is 150 g/mol. The molecule has 60 valence electrons. The Kier molecular flexibility index (Phi) is 1.26. The summed E-state index contributed by atoms with van der Waals surface area (Å²) in [5, 5.41) is 0.